The molecule has 0 amide bonds. The highest BCUT2D eigenvalue weighted by Crippen LogP contribution is 2.44. The van der Waals surface area contributed by atoms with Crippen LogP contribution in [0.1, 0.15) is 48.8 Å². The van der Waals surface area contributed by atoms with Gasteiger partial charge in [0.25, 0.3) is 0 Å². The summed E-state index contributed by atoms with van der Waals surface area (Å²) in [6.45, 7) is 2.33. The molecule has 1 aliphatic heterocycles. The van der Waals surface area contributed by atoms with E-state index in [1.54, 1.807) is 5.56 Å². The Morgan fingerprint density at radius 3 is 2.60 bits per heavy atom. The average Bonchev–Trinajstić information content (AvgIpc) is 3.04. The largest absolute Gasteiger partial charge is 0.317 e. The Balaban J connectivity index is 1.90. The molecule has 0 unspecified atom stereocenters. The van der Waals surface area contributed by atoms with Crippen molar-refractivity contribution in [2.24, 2.45) is 7.05 Å². The molecule has 0 bridgehead atoms. The lowest BCUT2D eigenvalue weighted by Gasteiger charge is -2.24. The molecule has 1 aliphatic carbocycles. The highest BCUT2D eigenvalue weighted by atomic mass is 15.3. The highest BCUT2D eigenvalue weighted by Gasteiger charge is 2.31. The monoisotopic (exact) mass is 205 g/mol. The Labute approximate surface area is 90.9 Å². The molecule has 1 saturated heterocycles. The summed E-state index contributed by atoms with van der Waals surface area (Å²) < 4.78 is 2.11. The number of nitrogens with zero attached hydrogens (tertiary/aromatic N) is 2. The molecule has 1 saturated carbocycles. The average molecular weight is 205 g/mol. The maximum Gasteiger partial charge on any atom is 0.0527 e. The normalized spacial score (nSPS) is 23.3. The minimum atomic E-state index is 0.745. The first kappa shape index (κ1) is 9.40. The minimum Gasteiger partial charge on any atom is -0.317 e. The maximum atomic E-state index is 4.45. The number of aryl methyl sites for hydroxylation is 1. The highest BCUT2D eigenvalue weighted by molar-refractivity contribution is 5.29. The molecule has 1 aromatic rings. The molecule has 2 fully saturated rings. The molecule has 2 heterocycles. The van der Waals surface area contributed by atoms with E-state index in [0.29, 0.717) is 0 Å². The second kappa shape index (κ2) is 3.63. The first-order valence-corrected chi connectivity index (χ1v) is 6.09. The Hall–Kier alpha value is -0.830. The van der Waals surface area contributed by atoms with Crippen LogP contribution in [0.4, 0.5) is 0 Å². The number of hydrogen-bond donors (Lipinski definition) is 1. The van der Waals surface area contributed by atoms with Crippen molar-refractivity contribution in [1.82, 2.24) is 15.1 Å². The van der Waals surface area contributed by atoms with E-state index < -0.39 is 0 Å². The zero-order chi connectivity index (χ0) is 10.3. The Morgan fingerprint density at radius 1 is 1.20 bits per heavy atom. The summed E-state index contributed by atoms with van der Waals surface area (Å²) in [7, 11) is 2.10. The van der Waals surface area contributed by atoms with E-state index in [9.17, 15) is 0 Å². The number of aromatic nitrogens is 2. The van der Waals surface area contributed by atoms with Gasteiger partial charge in [-0.25, -0.2) is 0 Å². The van der Waals surface area contributed by atoms with Crippen molar-refractivity contribution >= 4 is 0 Å². The van der Waals surface area contributed by atoms with Gasteiger partial charge >= 0.3 is 0 Å². The summed E-state index contributed by atoms with van der Waals surface area (Å²) in [5.74, 6) is 1.58. The Morgan fingerprint density at radius 2 is 1.93 bits per heavy atom. The summed E-state index contributed by atoms with van der Waals surface area (Å²) >= 11 is 0. The van der Waals surface area contributed by atoms with Gasteiger partial charge in [0.1, 0.15) is 0 Å². The summed E-state index contributed by atoms with van der Waals surface area (Å²) in [6.07, 6.45) is 7.42. The lowest BCUT2D eigenvalue weighted by molar-refractivity contribution is 0.437. The van der Waals surface area contributed by atoms with Gasteiger partial charge in [0.2, 0.25) is 0 Å². The molecule has 0 atom stereocenters. The Kier molecular flexibility index (Phi) is 2.28. The molecular formula is C12H19N3. The summed E-state index contributed by atoms with van der Waals surface area (Å²) in [5, 5.41) is 7.88. The van der Waals surface area contributed by atoms with Crippen molar-refractivity contribution in [3.63, 3.8) is 0 Å². The summed E-state index contributed by atoms with van der Waals surface area (Å²) in [5.41, 5.74) is 3.07. The second-order valence-corrected chi connectivity index (χ2v) is 4.91. The second-order valence-electron chi connectivity index (χ2n) is 4.91. The fourth-order valence-corrected chi connectivity index (χ4v) is 2.77. The zero-order valence-corrected chi connectivity index (χ0v) is 9.37. The van der Waals surface area contributed by atoms with Crippen molar-refractivity contribution in [3.05, 3.63) is 17.5 Å². The number of hydrogen-bond acceptors (Lipinski definition) is 2. The van der Waals surface area contributed by atoms with E-state index >= 15 is 0 Å². The molecule has 3 rings (SSSR count). The minimum absolute atomic E-state index is 0.745. The lowest BCUT2D eigenvalue weighted by atomic mass is 9.91. The van der Waals surface area contributed by atoms with Crippen LogP contribution in [-0.4, -0.2) is 22.9 Å². The fourth-order valence-electron chi connectivity index (χ4n) is 2.77. The third-order valence-corrected chi connectivity index (χ3v) is 3.76. The van der Waals surface area contributed by atoms with Crippen LogP contribution >= 0.6 is 0 Å². The van der Waals surface area contributed by atoms with Gasteiger partial charge in [-0.05, 0) is 50.3 Å². The van der Waals surface area contributed by atoms with Gasteiger partial charge in [0, 0.05) is 18.7 Å². The molecule has 0 aromatic carbocycles. The molecule has 3 heteroatoms. The third kappa shape index (κ3) is 1.69. The molecule has 15 heavy (non-hydrogen) atoms. The van der Waals surface area contributed by atoms with Crippen LogP contribution in [0.25, 0.3) is 0 Å². The van der Waals surface area contributed by atoms with Gasteiger partial charge in [-0.3, -0.25) is 4.68 Å². The van der Waals surface area contributed by atoms with Gasteiger partial charge in [-0.15, -0.1) is 0 Å². The van der Waals surface area contributed by atoms with Crippen LogP contribution in [0.3, 0.4) is 0 Å². The molecule has 1 aromatic heterocycles. The van der Waals surface area contributed by atoms with Gasteiger partial charge in [-0.1, -0.05) is 0 Å². The van der Waals surface area contributed by atoms with Gasteiger partial charge in [0.05, 0.1) is 6.20 Å². The number of piperidine rings is 1. The first-order valence-electron chi connectivity index (χ1n) is 6.09. The molecular weight excluding hydrogens is 186 g/mol. The maximum absolute atomic E-state index is 4.45. The van der Waals surface area contributed by atoms with Gasteiger partial charge < -0.3 is 5.32 Å². The van der Waals surface area contributed by atoms with Crippen LogP contribution in [-0.2, 0) is 7.05 Å². The van der Waals surface area contributed by atoms with Crippen molar-refractivity contribution in [2.45, 2.75) is 37.5 Å². The van der Waals surface area contributed by atoms with E-state index in [0.717, 1.165) is 11.8 Å². The van der Waals surface area contributed by atoms with E-state index in [-0.39, 0.29) is 0 Å². The standard InChI is InChI=1S/C12H19N3/c1-15-12(10-4-6-13-7-5-10)11(8-14-15)9-2-3-9/h8-10,13H,2-7H2,1H3. The Bertz CT molecular complexity index is 346. The topological polar surface area (TPSA) is 29.9 Å². The number of rotatable bonds is 2. The zero-order valence-electron chi connectivity index (χ0n) is 9.37. The SMILES string of the molecule is Cn1ncc(C2CC2)c1C1CCNCC1. The summed E-state index contributed by atoms with van der Waals surface area (Å²) in [4.78, 5) is 0. The van der Waals surface area contributed by atoms with Crippen LogP contribution in [0.15, 0.2) is 6.20 Å². The van der Waals surface area contributed by atoms with E-state index in [1.165, 1.54) is 44.5 Å². The molecule has 0 spiro atoms. The van der Waals surface area contributed by atoms with Crippen LogP contribution in [0.5, 0.6) is 0 Å². The van der Waals surface area contributed by atoms with Crippen molar-refractivity contribution in [3.8, 4) is 0 Å². The number of nitrogens with one attached hydrogen (secondary N) is 1. The van der Waals surface area contributed by atoms with Crippen molar-refractivity contribution in [2.75, 3.05) is 13.1 Å². The smallest absolute Gasteiger partial charge is 0.0527 e. The van der Waals surface area contributed by atoms with Gasteiger partial charge in [-0.2, -0.15) is 5.10 Å². The lowest BCUT2D eigenvalue weighted by Crippen LogP contribution is -2.28. The third-order valence-electron chi connectivity index (χ3n) is 3.76. The molecule has 2 aliphatic rings. The van der Waals surface area contributed by atoms with E-state index in [4.69, 9.17) is 0 Å². The van der Waals surface area contributed by atoms with E-state index in [1.807, 2.05) is 0 Å². The van der Waals surface area contributed by atoms with Crippen molar-refractivity contribution < 1.29 is 0 Å². The first-order chi connectivity index (χ1) is 7.36. The van der Waals surface area contributed by atoms with Crippen LogP contribution in [0.2, 0.25) is 0 Å². The molecule has 82 valence electrons. The molecule has 3 nitrogen and oxygen atoms in total. The predicted molar refractivity (Wildman–Crippen MR) is 60.0 cm³/mol. The fraction of sp³-hybridized carbons (Fsp3) is 0.750. The molecule has 1 N–H and O–H groups in total. The van der Waals surface area contributed by atoms with Crippen LogP contribution in [0, 0.1) is 0 Å². The molecule has 0 radical (unpaired) electrons. The van der Waals surface area contributed by atoms with Gasteiger partial charge in [0.15, 0.2) is 0 Å². The predicted octanol–water partition coefficient (Wildman–Crippen LogP) is 1.76. The summed E-state index contributed by atoms with van der Waals surface area (Å²) in [6, 6.07) is 0. The quantitative estimate of drug-likeness (QED) is 0.797. The van der Waals surface area contributed by atoms with Crippen molar-refractivity contribution in [1.29, 1.82) is 0 Å². The van der Waals surface area contributed by atoms with Crippen LogP contribution < -0.4 is 5.32 Å². The van der Waals surface area contributed by atoms with E-state index in [2.05, 4.69) is 28.3 Å².